The number of H-pyrrole nitrogens is 1. The Morgan fingerprint density at radius 3 is 2.95 bits per heavy atom. The van der Waals surface area contributed by atoms with Crippen LogP contribution in [0.2, 0.25) is 10.0 Å². The lowest BCUT2D eigenvalue weighted by Crippen LogP contribution is -2.15. The number of amides is 1. The molecule has 0 radical (unpaired) electrons. The normalized spacial score (nSPS) is 21.2. The molecule has 19 heavy (non-hydrogen) atoms. The maximum atomic E-state index is 11.9. The first-order valence-corrected chi connectivity index (χ1v) is 6.40. The first-order chi connectivity index (χ1) is 9.15. The number of hydrogen-bond donors (Lipinski definition) is 2. The Bertz CT molecular complexity index is 616. The van der Waals surface area contributed by atoms with E-state index in [4.69, 9.17) is 23.2 Å². The van der Waals surface area contributed by atoms with Crippen LogP contribution in [0.15, 0.2) is 18.2 Å². The number of nitrogens with one attached hydrogen (secondary N) is 2. The molecule has 2 N–H and O–H groups in total. The van der Waals surface area contributed by atoms with E-state index < -0.39 is 0 Å². The van der Waals surface area contributed by atoms with Gasteiger partial charge in [-0.2, -0.15) is 5.21 Å². The molecule has 1 aromatic carbocycles. The second kappa shape index (κ2) is 4.79. The van der Waals surface area contributed by atoms with Crippen LogP contribution in [0.25, 0.3) is 0 Å². The summed E-state index contributed by atoms with van der Waals surface area (Å²) >= 11 is 12.0. The van der Waals surface area contributed by atoms with E-state index in [2.05, 4.69) is 25.9 Å². The standard InChI is InChI=1S/C11H9Cl2N5O/c12-5-1-2-6(9(13)3-5)7-4-8(7)10(19)14-11-15-17-18-16-11/h1-3,7-8H,4H2,(H2,14,15,16,17,18,19)/t7-,8-/m0/s1. The Kier molecular flexibility index (Phi) is 3.12. The van der Waals surface area contributed by atoms with Crippen LogP contribution in [-0.4, -0.2) is 26.5 Å². The number of tetrazole rings is 1. The molecule has 6 nitrogen and oxygen atoms in total. The molecule has 8 heteroatoms. The number of rotatable bonds is 3. The molecule has 0 saturated heterocycles. The van der Waals surface area contributed by atoms with Crippen LogP contribution in [0.1, 0.15) is 17.9 Å². The third kappa shape index (κ3) is 2.54. The van der Waals surface area contributed by atoms with E-state index in [0.717, 1.165) is 12.0 Å². The van der Waals surface area contributed by atoms with E-state index in [1.54, 1.807) is 12.1 Å². The second-order valence-corrected chi connectivity index (χ2v) is 5.18. The highest BCUT2D eigenvalue weighted by molar-refractivity contribution is 6.35. The summed E-state index contributed by atoms with van der Waals surface area (Å²) < 4.78 is 0. The lowest BCUT2D eigenvalue weighted by molar-refractivity contribution is -0.117. The van der Waals surface area contributed by atoms with Crippen LogP contribution in [-0.2, 0) is 4.79 Å². The topological polar surface area (TPSA) is 83.6 Å². The van der Waals surface area contributed by atoms with Gasteiger partial charge in [-0.05, 0) is 35.2 Å². The Morgan fingerprint density at radius 2 is 2.26 bits per heavy atom. The van der Waals surface area contributed by atoms with Crippen molar-refractivity contribution in [2.24, 2.45) is 5.92 Å². The fourth-order valence-corrected chi connectivity index (χ4v) is 2.60. The zero-order chi connectivity index (χ0) is 13.4. The zero-order valence-electron chi connectivity index (χ0n) is 9.60. The number of hydrogen-bond acceptors (Lipinski definition) is 4. The predicted octanol–water partition coefficient (Wildman–Crippen LogP) is 2.25. The van der Waals surface area contributed by atoms with Crippen LogP contribution in [0, 0.1) is 5.92 Å². The van der Waals surface area contributed by atoms with Crippen molar-refractivity contribution in [1.29, 1.82) is 0 Å². The molecular formula is C11H9Cl2N5O. The van der Waals surface area contributed by atoms with Gasteiger partial charge in [-0.25, -0.2) is 0 Å². The number of carbonyl (C=O) groups is 1. The molecule has 1 aliphatic rings. The number of carbonyl (C=O) groups excluding carboxylic acids is 1. The van der Waals surface area contributed by atoms with Gasteiger partial charge in [0.25, 0.3) is 5.95 Å². The molecule has 0 bridgehead atoms. The van der Waals surface area contributed by atoms with Crippen molar-refractivity contribution < 1.29 is 4.79 Å². The van der Waals surface area contributed by atoms with E-state index >= 15 is 0 Å². The maximum absolute atomic E-state index is 11.9. The van der Waals surface area contributed by atoms with Crippen LogP contribution in [0.4, 0.5) is 5.95 Å². The number of anilines is 1. The molecule has 1 fully saturated rings. The van der Waals surface area contributed by atoms with Gasteiger partial charge in [0.1, 0.15) is 0 Å². The van der Waals surface area contributed by atoms with Crippen LogP contribution in [0.3, 0.4) is 0 Å². The van der Waals surface area contributed by atoms with E-state index in [9.17, 15) is 4.79 Å². The molecule has 1 saturated carbocycles. The molecule has 0 spiro atoms. The number of nitrogens with zero attached hydrogens (tertiary/aromatic N) is 3. The van der Waals surface area contributed by atoms with Gasteiger partial charge in [0.2, 0.25) is 5.91 Å². The Balaban J connectivity index is 1.69. The third-order valence-corrected chi connectivity index (χ3v) is 3.63. The molecule has 1 aliphatic carbocycles. The number of aromatic nitrogens is 4. The summed E-state index contributed by atoms with van der Waals surface area (Å²) in [7, 11) is 0. The van der Waals surface area contributed by atoms with Crippen molar-refractivity contribution >= 4 is 35.1 Å². The average Bonchev–Trinajstić information content (AvgIpc) is 2.99. The molecule has 2 aromatic rings. The smallest absolute Gasteiger partial charge is 0.269 e. The minimum atomic E-state index is -0.127. The molecular weight excluding hydrogens is 289 g/mol. The van der Waals surface area contributed by atoms with Gasteiger partial charge in [-0.3, -0.25) is 10.1 Å². The first-order valence-electron chi connectivity index (χ1n) is 5.64. The summed E-state index contributed by atoms with van der Waals surface area (Å²) in [4.78, 5) is 11.9. The predicted molar refractivity (Wildman–Crippen MR) is 70.1 cm³/mol. The minimum absolute atomic E-state index is 0.114. The average molecular weight is 298 g/mol. The van der Waals surface area contributed by atoms with Gasteiger partial charge in [0, 0.05) is 16.0 Å². The lowest BCUT2D eigenvalue weighted by Gasteiger charge is -2.04. The summed E-state index contributed by atoms with van der Waals surface area (Å²) in [5.41, 5.74) is 0.944. The molecule has 2 atom stereocenters. The largest absolute Gasteiger partial charge is 0.292 e. The molecule has 98 valence electrons. The molecule has 1 aromatic heterocycles. The van der Waals surface area contributed by atoms with Gasteiger partial charge in [-0.15, -0.1) is 5.10 Å². The maximum Gasteiger partial charge on any atom is 0.269 e. The van der Waals surface area contributed by atoms with Gasteiger partial charge in [0.05, 0.1) is 0 Å². The highest BCUT2D eigenvalue weighted by atomic mass is 35.5. The Hall–Kier alpha value is -1.66. The molecule has 0 aliphatic heterocycles. The van der Waals surface area contributed by atoms with Crippen molar-refractivity contribution in [3.8, 4) is 0 Å². The fraction of sp³-hybridized carbons (Fsp3) is 0.273. The lowest BCUT2D eigenvalue weighted by atomic mass is 10.1. The van der Waals surface area contributed by atoms with E-state index in [1.807, 2.05) is 6.07 Å². The van der Waals surface area contributed by atoms with E-state index in [1.165, 1.54) is 0 Å². The highest BCUT2D eigenvalue weighted by Gasteiger charge is 2.45. The van der Waals surface area contributed by atoms with Crippen molar-refractivity contribution in [1.82, 2.24) is 20.6 Å². The van der Waals surface area contributed by atoms with E-state index in [-0.39, 0.29) is 23.7 Å². The summed E-state index contributed by atoms with van der Waals surface area (Å²) in [6, 6.07) is 5.32. The monoisotopic (exact) mass is 297 g/mol. The minimum Gasteiger partial charge on any atom is -0.292 e. The van der Waals surface area contributed by atoms with Gasteiger partial charge < -0.3 is 0 Å². The quantitative estimate of drug-likeness (QED) is 0.910. The third-order valence-electron chi connectivity index (χ3n) is 3.07. The fourth-order valence-electron chi connectivity index (χ4n) is 2.05. The SMILES string of the molecule is O=C(Nc1nn[nH]n1)[C@H]1C[C@H]1c1ccc(Cl)cc1Cl. The van der Waals surface area contributed by atoms with E-state index in [0.29, 0.717) is 10.0 Å². The number of aromatic amines is 1. The Labute approximate surface area is 118 Å². The van der Waals surface area contributed by atoms with Crippen molar-refractivity contribution in [2.75, 3.05) is 5.32 Å². The molecule has 0 unspecified atom stereocenters. The summed E-state index contributed by atoms with van der Waals surface area (Å²) in [5, 5.41) is 16.7. The van der Waals surface area contributed by atoms with Gasteiger partial charge in [0.15, 0.2) is 0 Å². The molecule has 3 rings (SSSR count). The molecule has 1 heterocycles. The first kappa shape index (κ1) is 12.4. The number of halogens is 2. The summed E-state index contributed by atoms with van der Waals surface area (Å²) in [5.74, 6) is 0.0594. The van der Waals surface area contributed by atoms with Gasteiger partial charge in [-0.1, -0.05) is 34.4 Å². The number of benzene rings is 1. The van der Waals surface area contributed by atoms with Crippen molar-refractivity contribution in [2.45, 2.75) is 12.3 Å². The Morgan fingerprint density at radius 1 is 1.42 bits per heavy atom. The summed E-state index contributed by atoms with van der Waals surface area (Å²) in [6.07, 6.45) is 0.755. The van der Waals surface area contributed by atoms with Crippen LogP contribution < -0.4 is 5.32 Å². The summed E-state index contributed by atoms with van der Waals surface area (Å²) in [6.45, 7) is 0. The van der Waals surface area contributed by atoms with Crippen molar-refractivity contribution in [3.63, 3.8) is 0 Å². The second-order valence-electron chi connectivity index (χ2n) is 4.34. The van der Waals surface area contributed by atoms with Crippen LogP contribution in [0.5, 0.6) is 0 Å². The zero-order valence-corrected chi connectivity index (χ0v) is 11.1. The highest BCUT2D eigenvalue weighted by Crippen LogP contribution is 2.50. The molecule has 1 amide bonds. The van der Waals surface area contributed by atoms with Gasteiger partial charge >= 0.3 is 0 Å². The van der Waals surface area contributed by atoms with Crippen LogP contribution >= 0.6 is 23.2 Å². The van der Waals surface area contributed by atoms with Crippen molar-refractivity contribution in [3.05, 3.63) is 33.8 Å².